The molecule has 0 aliphatic heterocycles. The molecule has 6 nitrogen and oxygen atoms in total. The topological polar surface area (TPSA) is 95.7 Å². The molecule has 0 saturated carbocycles. The average molecular weight is 545 g/mol. The summed E-state index contributed by atoms with van der Waals surface area (Å²) in [6, 6.07) is 13.5. The number of carbonyl (C=O) groups excluding carboxylic acids is 3. The number of esters is 2. The Hall–Kier alpha value is -2.02. The molecule has 2 rings (SSSR count). The van der Waals surface area contributed by atoms with E-state index < -0.39 is 18.8 Å². The SMILES string of the molecule is C=CCB(F)F.C=CCC(C)(N)c1ccc(C(=O)OC)cc1.COC(=O)c1ccc(C(C)=O)cc1.[F-].[K+]. The number of benzene rings is 2. The zero-order valence-corrected chi connectivity index (χ0v) is 25.1. The van der Waals surface area contributed by atoms with Gasteiger partial charge in [-0.05, 0) is 50.1 Å². The summed E-state index contributed by atoms with van der Waals surface area (Å²) in [4.78, 5) is 33.1. The van der Waals surface area contributed by atoms with Crippen LogP contribution in [0.5, 0.6) is 0 Å². The van der Waals surface area contributed by atoms with Crippen molar-refractivity contribution in [2.45, 2.75) is 32.1 Å². The molecule has 11 heteroatoms. The van der Waals surface area contributed by atoms with E-state index in [0.717, 1.165) is 5.56 Å². The molecule has 0 spiro atoms. The van der Waals surface area contributed by atoms with Crippen molar-refractivity contribution in [3.8, 4) is 0 Å². The Labute approximate surface area is 259 Å². The second-order valence-electron chi connectivity index (χ2n) is 7.52. The normalized spacial score (nSPS) is 10.6. The van der Waals surface area contributed by atoms with Crippen molar-refractivity contribution < 1.29 is 88.6 Å². The fraction of sp³-hybridized carbons (Fsp3) is 0.269. The number of rotatable bonds is 8. The Morgan fingerprint density at radius 1 is 0.892 bits per heavy atom. The van der Waals surface area contributed by atoms with E-state index in [2.05, 4.69) is 22.6 Å². The smallest absolute Gasteiger partial charge is 1.00 e. The first-order chi connectivity index (χ1) is 16.4. The van der Waals surface area contributed by atoms with Crippen molar-refractivity contribution in [1.29, 1.82) is 0 Å². The van der Waals surface area contributed by atoms with Crippen LogP contribution in [0.3, 0.4) is 0 Å². The molecule has 0 aliphatic carbocycles. The molecule has 2 aromatic carbocycles. The van der Waals surface area contributed by atoms with Gasteiger partial charge >= 0.3 is 70.6 Å². The number of hydrogen-bond acceptors (Lipinski definition) is 6. The molecule has 37 heavy (non-hydrogen) atoms. The first-order valence-corrected chi connectivity index (χ1v) is 10.6. The van der Waals surface area contributed by atoms with Crippen LogP contribution in [-0.4, -0.2) is 39.2 Å². The Morgan fingerprint density at radius 3 is 1.54 bits per heavy atom. The number of carbonyl (C=O) groups is 3. The molecular formula is C26H32BF3KNO5. The molecule has 0 radical (unpaired) electrons. The van der Waals surface area contributed by atoms with Crippen molar-refractivity contribution >= 4 is 25.0 Å². The predicted molar refractivity (Wildman–Crippen MR) is 135 cm³/mol. The quantitative estimate of drug-likeness (QED) is 0.208. The number of methoxy groups -OCH3 is 2. The molecule has 2 aromatic rings. The van der Waals surface area contributed by atoms with Crippen LogP contribution in [0, 0.1) is 0 Å². The molecule has 0 saturated heterocycles. The van der Waals surface area contributed by atoms with E-state index in [4.69, 9.17) is 5.73 Å². The van der Waals surface area contributed by atoms with Gasteiger partial charge in [-0.15, -0.1) is 13.2 Å². The van der Waals surface area contributed by atoms with E-state index >= 15 is 0 Å². The molecule has 1 atom stereocenters. The van der Waals surface area contributed by atoms with Gasteiger partial charge < -0.3 is 19.9 Å². The third kappa shape index (κ3) is 15.7. The molecule has 0 fully saturated rings. The molecule has 0 aliphatic rings. The van der Waals surface area contributed by atoms with Gasteiger partial charge in [0.1, 0.15) is 0 Å². The summed E-state index contributed by atoms with van der Waals surface area (Å²) in [5.74, 6) is -0.750. The predicted octanol–water partition coefficient (Wildman–Crippen LogP) is -0.493. The number of nitrogens with two attached hydrogens (primary N) is 1. The second kappa shape index (κ2) is 21.0. The van der Waals surface area contributed by atoms with E-state index in [9.17, 15) is 23.0 Å². The van der Waals surface area contributed by atoms with Crippen molar-refractivity contribution in [3.05, 3.63) is 96.1 Å². The van der Waals surface area contributed by atoms with Crippen molar-refractivity contribution in [1.82, 2.24) is 0 Å². The summed E-state index contributed by atoms with van der Waals surface area (Å²) in [6.07, 6.45) is 3.48. The largest absolute Gasteiger partial charge is 1.00 e. The third-order valence-electron chi connectivity index (χ3n) is 4.59. The van der Waals surface area contributed by atoms with E-state index in [1.54, 1.807) is 42.5 Å². The van der Waals surface area contributed by atoms with Gasteiger partial charge in [-0.25, -0.2) is 9.59 Å². The van der Waals surface area contributed by atoms with Gasteiger partial charge in [0.05, 0.1) is 25.3 Å². The number of Topliss-reactive ketones (excluding diaryl/α,β-unsaturated/α-hetero) is 1. The number of hydrogen-bond donors (Lipinski definition) is 1. The van der Waals surface area contributed by atoms with E-state index in [1.165, 1.54) is 27.2 Å². The summed E-state index contributed by atoms with van der Waals surface area (Å²) in [7, 11) is 0.463. The molecular weight excluding hydrogens is 513 g/mol. The van der Waals surface area contributed by atoms with Crippen LogP contribution in [0.1, 0.15) is 56.9 Å². The maximum absolute atomic E-state index is 11.2. The fourth-order valence-electron chi connectivity index (χ4n) is 2.61. The minimum absolute atomic E-state index is 0. The molecule has 196 valence electrons. The molecule has 0 heterocycles. The maximum Gasteiger partial charge on any atom is 1.00 e. The first kappa shape index (κ1) is 39.5. The number of ketones is 1. The minimum atomic E-state index is -2.22. The Bertz CT molecular complexity index is 985. The summed E-state index contributed by atoms with van der Waals surface area (Å²) in [6.45, 7) is 10.2. The zero-order chi connectivity index (χ0) is 27.0. The third-order valence-corrected chi connectivity index (χ3v) is 4.59. The summed E-state index contributed by atoms with van der Waals surface area (Å²) in [5, 5.41) is 0. The number of halogens is 3. The van der Waals surface area contributed by atoms with Gasteiger partial charge in [0.15, 0.2) is 5.78 Å². The van der Waals surface area contributed by atoms with Crippen LogP contribution in [-0.2, 0) is 15.0 Å². The average Bonchev–Trinajstić information content (AvgIpc) is 2.84. The van der Waals surface area contributed by atoms with Crippen LogP contribution in [0.15, 0.2) is 73.8 Å². The maximum atomic E-state index is 11.2. The van der Waals surface area contributed by atoms with Gasteiger partial charge in [-0.1, -0.05) is 36.4 Å². The van der Waals surface area contributed by atoms with Crippen molar-refractivity contribution in [3.63, 3.8) is 0 Å². The van der Waals surface area contributed by atoms with Crippen LogP contribution < -0.4 is 61.8 Å². The van der Waals surface area contributed by atoms with Gasteiger partial charge in [0, 0.05) is 17.4 Å². The number of ether oxygens (including phenoxy) is 2. The van der Waals surface area contributed by atoms with Crippen LogP contribution in [0.2, 0.25) is 6.32 Å². The second-order valence-corrected chi connectivity index (χ2v) is 7.52. The van der Waals surface area contributed by atoms with Gasteiger partial charge in [-0.3, -0.25) is 13.4 Å². The summed E-state index contributed by atoms with van der Waals surface area (Å²) in [5.41, 5.74) is 8.21. The molecule has 0 bridgehead atoms. The Morgan fingerprint density at radius 2 is 1.27 bits per heavy atom. The van der Waals surface area contributed by atoms with Crippen molar-refractivity contribution in [2.75, 3.05) is 14.2 Å². The van der Waals surface area contributed by atoms with E-state index in [0.29, 0.717) is 23.1 Å². The van der Waals surface area contributed by atoms with Crippen LogP contribution >= 0.6 is 0 Å². The summed E-state index contributed by atoms with van der Waals surface area (Å²) >= 11 is 0. The van der Waals surface area contributed by atoms with Gasteiger partial charge in [0.25, 0.3) is 0 Å². The summed E-state index contributed by atoms with van der Waals surface area (Å²) < 4.78 is 31.1. The molecule has 2 N–H and O–H groups in total. The molecule has 0 aromatic heterocycles. The van der Waals surface area contributed by atoms with Gasteiger partial charge in [-0.2, -0.15) is 0 Å². The zero-order valence-electron chi connectivity index (χ0n) is 21.9. The Balaban J connectivity index is -0.000000498. The van der Waals surface area contributed by atoms with Crippen LogP contribution in [0.25, 0.3) is 0 Å². The van der Waals surface area contributed by atoms with E-state index in [-0.39, 0.29) is 74.2 Å². The van der Waals surface area contributed by atoms with E-state index in [1.807, 2.05) is 19.1 Å². The molecule has 0 amide bonds. The molecule has 1 unspecified atom stereocenters. The van der Waals surface area contributed by atoms with Crippen LogP contribution in [0.4, 0.5) is 8.63 Å². The van der Waals surface area contributed by atoms with Crippen molar-refractivity contribution in [2.24, 2.45) is 5.73 Å². The monoisotopic (exact) mass is 545 g/mol. The van der Waals surface area contributed by atoms with Gasteiger partial charge in [0.2, 0.25) is 0 Å². The first-order valence-electron chi connectivity index (χ1n) is 10.6. The standard InChI is InChI=1S/C13H17NO2.C10H10O3.C3H5BF2.FH.K/c1-4-9-13(2,14)11-7-5-10(6-8-11)12(15)16-3;1-7(11)8-3-5-9(6-4-8)10(12)13-2;1-2-3-4(5)6;;/h4-8H,1,9,14H2,2-3H3;3-6H,1-2H3;2H,1,3H2;1H;/q;;;;+1/p-1. The fourth-order valence-corrected chi connectivity index (χ4v) is 2.61. The Kier molecular flexibility index (Phi) is 22.4. The number of allylic oxidation sites excluding steroid dienone is 1. The minimum Gasteiger partial charge on any atom is -1.00 e.